The first-order chi connectivity index (χ1) is 16.0. The fourth-order valence-corrected chi connectivity index (χ4v) is 4.53. The van der Waals surface area contributed by atoms with Crippen LogP contribution in [0.15, 0.2) is 53.9 Å². The lowest BCUT2D eigenvalue weighted by Crippen LogP contribution is -2.38. The fourth-order valence-electron chi connectivity index (χ4n) is 3.59. The molecule has 0 aliphatic heterocycles. The van der Waals surface area contributed by atoms with Crippen LogP contribution in [0, 0.1) is 6.92 Å². The van der Waals surface area contributed by atoms with Gasteiger partial charge in [-0.25, -0.2) is 0 Å². The predicted octanol–water partition coefficient (Wildman–Crippen LogP) is 4.53. The van der Waals surface area contributed by atoms with E-state index < -0.39 is 0 Å². The minimum atomic E-state index is -0.0588. The molecule has 1 unspecified atom stereocenters. The molecule has 33 heavy (non-hydrogen) atoms. The summed E-state index contributed by atoms with van der Waals surface area (Å²) in [5, 5.41) is 12.6. The predicted molar refractivity (Wildman–Crippen MR) is 133 cm³/mol. The van der Waals surface area contributed by atoms with Gasteiger partial charge in [-0.2, -0.15) is 0 Å². The van der Waals surface area contributed by atoms with Gasteiger partial charge in [0.1, 0.15) is 12.1 Å². The number of rotatable bonds is 11. The Hall–Kier alpha value is -2.55. The number of carbonyl (C=O) groups is 1. The lowest BCUT2D eigenvalue weighted by molar-refractivity contribution is -0.118. The number of nitrogens with one attached hydrogen (secondary N) is 1. The van der Waals surface area contributed by atoms with Crippen molar-refractivity contribution in [1.29, 1.82) is 0 Å². The lowest BCUT2D eigenvalue weighted by atomic mass is 10.0. The maximum atomic E-state index is 12.7. The number of thioether (sulfide) groups is 1. The van der Waals surface area contributed by atoms with Crippen LogP contribution < -0.4 is 10.1 Å². The van der Waals surface area contributed by atoms with Gasteiger partial charge in [0.15, 0.2) is 5.16 Å². The van der Waals surface area contributed by atoms with E-state index in [0.717, 1.165) is 35.7 Å². The van der Waals surface area contributed by atoms with Gasteiger partial charge in [-0.3, -0.25) is 14.3 Å². The summed E-state index contributed by atoms with van der Waals surface area (Å²) in [7, 11) is 1.66. The molecule has 1 aromatic heterocycles. The molecule has 2 aromatic carbocycles. The second kappa shape index (κ2) is 12.1. The molecule has 0 radical (unpaired) electrons. The quantitative estimate of drug-likeness (QED) is 0.401. The number of amides is 1. The molecule has 9 heteroatoms. The topological polar surface area (TPSA) is 72.3 Å². The van der Waals surface area contributed by atoms with Crippen molar-refractivity contribution in [2.45, 2.75) is 32.0 Å². The number of methoxy groups -OCH3 is 1. The van der Waals surface area contributed by atoms with Crippen molar-refractivity contribution in [3.8, 4) is 11.4 Å². The van der Waals surface area contributed by atoms with Gasteiger partial charge in [-0.1, -0.05) is 55.4 Å². The van der Waals surface area contributed by atoms with Crippen LogP contribution >= 0.6 is 23.4 Å². The van der Waals surface area contributed by atoms with Gasteiger partial charge < -0.3 is 10.1 Å². The van der Waals surface area contributed by atoms with Crippen LogP contribution in [-0.4, -0.2) is 58.1 Å². The molecule has 7 nitrogen and oxygen atoms in total. The number of halogens is 1. The highest BCUT2D eigenvalue weighted by Crippen LogP contribution is 2.25. The van der Waals surface area contributed by atoms with Crippen molar-refractivity contribution >= 4 is 29.3 Å². The van der Waals surface area contributed by atoms with Gasteiger partial charge >= 0.3 is 0 Å². The summed E-state index contributed by atoms with van der Waals surface area (Å²) < 4.78 is 7.22. The van der Waals surface area contributed by atoms with E-state index in [-0.39, 0.29) is 17.7 Å². The van der Waals surface area contributed by atoms with Crippen LogP contribution in [0.25, 0.3) is 5.69 Å². The van der Waals surface area contributed by atoms with E-state index in [9.17, 15) is 4.79 Å². The average molecular weight is 488 g/mol. The van der Waals surface area contributed by atoms with Crippen LogP contribution in [0.5, 0.6) is 5.75 Å². The summed E-state index contributed by atoms with van der Waals surface area (Å²) in [5.41, 5.74) is 2.97. The van der Waals surface area contributed by atoms with Crippen LogP contribution in [0.3, 0.4) is 0 Å². The number of carbonyl (C=O) groups excluding carboxylic acids is 1. The van der Waals surface area contributed by atoms with Crippen molar-refractivity contribution in [3.63, 3.8) is 0 Å². The molecule has 0 saturated carbocycles. The summed E-state index contributed by atoms with van der Waals surface area (Å²) in [6.45, 7) is 8.47. The second-order valence-electron chi connectivity index (χ2n) is 7.52. The van der Waals surface area contributed by atoms with Crippen molar-refractivity contribution in [3.05, 3.63) is 64.9 Å². The summed E-state index contributed by atoms with van der Waals surface area (Å²) in [6, 6.07) is 13.8. The first-order valence-electron chi connectivity index (χ1n) is 10.9. The molecule has 176 valence electrons. The standard InChI is InChI=1S/C24H30ClN5O2S/c1-5-29(6-2)22(18-8-7-9-20(12-18)32-4)14-26-23(31)15-33-24-28-27-16-30(24)19-11-10-17(3)21(25)13-19/h7-13,16,22H,5-6,14-15H2,1-4H3,(H,26,31). The van der Waals surface area contributed by atoms with E-state index in [1.165, 1.54) is 11.8 Å². The number of hydrogen-bond acceptors (Lipinski definition) is 6. The molecule has 1 amide bonds. The Morgan fingerprint density at radius 2 is 2.03 bits per heavy atom. The lowest BCUT2D eigenvalue weighted by Gasteiger charge is -2.30. The second-order valence-corrected chi connectivity index (χ2v) is 8.87. The Kier molecular flexibility index (Phi) is 9.17. The normalized spacial score (nSPS) is 12.1. The average Bonchev–Trinajstić information content (AvgIpc) is 3.31. The van der Waals surface area contributed by atoms with E-state index in [4.69, 9.17) is 16.3 Å². The zero-order valence-corrected chi connectivity index (χ0v) is 21.0. The number of nitrogens with zero attached hydrogens (tertiary/aromatic N) is 4. The van der Waals surface area contributed by atoms with E-state index in [1.54, 1.807) is 13.4 Å². The molecule has 0 bridgehead atoms. The van der Waals surface area contributed by atoms with E-state index in [1.807, 2.05) is 47.9 Å². The Labute approximate surface area is 204 Å². The number of benzene rings is 2. The number of hydrogen-bond donors (Lipinski definition) is 1. The molecule has 1 atom stereocenters. The molecule has 1 N–H and O–H groups in total. The highest BCUT2D eigenvalue weighted by molar-refractivity contribution is 7.99. The van der Waals surface area contributed by atoms with Crippen molar-refractivity contribution in [2.75, 3.05) is 32.5 Å². The smallest absolute Gasteiger partial charge is 0.230 e. The fraction of sp³-hybridized carbons (Fsp3) is 0.375. The third kappa shape index (κ3) is 6.50. The maximum Gasteiger partial charge on any atom is 0.230 e. The summed E-state index contributed by atoms with van der Waals surface area (Å²) in [4.78, 5) is 15.0. The Balaban J connectivity index is 1.64. The molecule has 0 saturated heterocycles. The Morgan fingerprint density at radius 3 is 2.73 bits per heavy atom. The number of aromatic nitrogens is 3. The van der Waals surface area contributed by atoms with Gasteiger partial charge in [-0.15, -0.1) is 10.2 Å². The van der Waals surface area contributed by atoms with Crippen molar-refractivity contribution in [2.24, 2.45) is 0 Å². The number of ether oxygens (including phenoxy) is 1. The molecule has 1 heterocycles. The van der Waals surface area contributed by atoms with Gasteiger partial charge in [0.25, 0.3) is 0 Å². The molecule has 0 aliphatic rings. The molecule has 0 aliphatic carbocycles. The van der Waals surface area contributed by atoms with Crippen LogP contribution in [-0.2, 0) is 4.79 Å². The molecule has 3 aromatic rings. The minimum Gasteiger partial charge on any atom is -0.497 e. The van der Waals surface area contributed by atoms with Gasteiger partial charge in [0.2, 0.25) is 5.91 Å². The third-order valence-corrected chi connectivity index (χ3v) is 6.86. The number of aryl methyl sites for hydroxylation is 1. The summed E-state index contributed by atoms with van der Waals surface area (Å²) in [6.07, 6.45) is 1.63. The highest BCUT2D eigenvalue weighted by atomic mass is 35.5. The van der Waals surface area contributed by atoms with Crippen molar-refractivity contribution < 1.29 is 9.53 Å². The zero-order valence-electron chi connectivity index (χ0n) is 19.4. The summed E-state index contributed by atoms with van der Waals surface area (Å²) in [5.74, 6) is 0.986. The number of likely N-dealkylation sites (N-methyl/N-ethyl adjacent to an activating group) is 1. The molecular formula is C24H30ClN5O2S. The van der Waals surface area contributed by atoms with Gasteiger partial charge in [0.05, 0.1) is 24.6 Å². The third-order valence-electron chi connectivity index (χ3n) is 5.51. The Morgan fingerprint density at radius 1 is 1.24 bits per heavy atom. The van der Waals surface area contributed by atoms with Gasteiger partial charge in [0, 0.05) is 11.6 Å². The minimum absolute atomic E-state index is 0.0578. The largest absolute Gasteiger partial charge is 0.497 e. The Bertz CT molecular complexity index is 1070. The molecular weight excluding hydrogens is 458 g/mol. The van der Waals surface area contributed by atoms with Gasteiger partial charge in [-0.05, 0) is 55.4 Å². The molecule has 0 spiro atoms. The first-order valence-corrected chi connectivity index (χ1v) is 12.3. The van der Waals surface area contributed by atoms with E-state index in [0.29, 0.717) is 16.7 Å². The van der Waals surface area contributed by atoms with Crippen LogP contribution in [0.2, 0.25) is 5.02 Å². The van der Waals surface area contributed by atoms with Crippen LogP contribution in [0.1, 0.15) is 31.0 Å². The molecule has 3 rings (SSSR count). The van der Waals surface area contributed by atoms with Crippen molar-refractivity contribution in [1.82, 2.24) is 25.0 Å². The SMILES string of the molecule is CCN(CC)C(CNC(=O)CSc1nncn1-c1ccc(C)c(Cl)c1)c1cccc(OC)c1. The first kappa shape index (κ1) is 25.1. The van der Waals surface area contributed by atoms with E-state index >= 15 is 0 Å². The highest BCUT2D eigenvalue weighted by Gasteiger charge is 2.20. The van der Waals surface area contributed by atoms with Crippen LogP contribution in [0.4, 0.5) is 0 Å². The molecule has 0 fully saturated rings. The summed E-state index contributed by atoms with van der Waals surface area (Å²) >= 11 is 7.60. The maximum absolute atomic E-state index is 12.7. The zero-order chi connectivity index (χ0) is 23.8. The van der Waals surface area contributed by atoms with E-state index in [2.05, 4.69) is 40.3 Å². The monoisotopic (exact) mass is 487 g/mol.